The van der Waals surface area contributed by atoms with E-state index in [1.807, 2.05) is 0 Å². The molecule has 0 aromatic heterocycles. The van der Waals surface area contributed by atoms with Gasteiger partial charge in [0.2, 0.25) is 0 Å². The Balaban J connectivity index is 0. The predicted molar refractivity (Wildman–Crippen MR) is 42.0 cm³/mol. The van der Waals surface area contributed by atoms with Crippen molar-refractivity contribution in [2.24, 2.45) is 0 Å². The van der Waals surface area contributed by atoms with E-state index in [1.54, 1.807) is 0 Å². The molecule has 0 heterocycles. The number of halogens is 1. The molecule has 0 spiro atoms. The van der Waals surface area contributed by atoms with Gasteiger partial charge in [0.15, 0.2) is 0 Å². The zero-order chi connectivity index (χ0) is 5.54. The van der Waals surface area contributed by atoms with Gasteiger partial charge < -0.3 is 17.0 Å². The van der Waals surface area contributed by atoms with Crippen molar-refractivity contribution >= 4 is 33.2 Å². The second-order valence-corrected chi connectivity index (χ2v) is 7.33. The van der Waals surface area contributed by atoms with Gasteiger partial charge in [0.1, 0.15) is 0 Å². The Morgan fingerprint density at radius 1 is 1.12 bits per heavy atom. The molecule has 0 aliphatic carbocycles. The summed E-state index contributed by atoms with van der Waals surface area (Å²) in [5.74, 6) is 2.59. The molecule has 8 heavy (non-hydrogen) atoms. The molecule has 0 saturated heterocycles. The normalized spacial score (nSPS) is 7.25. The number of rotatable bonds is 4. The zero-order valence-electron chi connectivity index (χ0n) is 5.19. The summed E-state index contributed by atoms with van der Waals surface area (Å²) in [4.78, 5) is 0. The van der Waals surface area contributed by atoms with Gasteiger partial charge in [-0.2, -0.15) is 0 Å². The van der Waals surface area contributed by atoms with Crippen molar-refractivity contribution in [1.29, 1.82) is 0 Å². The summed E-state index contributed by atoms with van der Waals surface area (Å²) in [6, 6.07) is 0. The van der Waals surface area contributed by atoms with Crippen LogP contribution >= 0.6 is 20.3 Å². The van der Waals surface area contributed by atoms with Crippen molar-refractivity contribution in [3.8, 4) is 0 Å². The average Bonchev–Trinajstić information content (AvgIpc) is 1.69. The molecule has 0 amide bonds. The Morgan fingerprint density at radius 2 is 1.50 bits per heavy atom. The first-order valence-corrected chi connectivity index (χ1v) is 7.39. The molecule has 0 unspecified atom stereocenters. The van der Waals surface area contributed by atoms with Crippen molar-refractivity contribution < 1.29 is 17.0 Å². The van der Waals surface area contributed by atoms with E-state index < -0.39 is 0 Å². The largest absolute Gasteiger partial charge is 1.00 e. The van der Waals surface area contributed by atoms with Crippen LogP contribution in [0.5, 0.6) is 0 Å². The first-order valence-electron chi connectivity index (χ1n) is 2.46. The van der Waals surface area contributed by atoms with E-state index in [0.29, 0.717) is 13.0 Å². The molecular weight excluding hydrogens is 219 g/mol. The van der Waals surface area contributed by atoms with Gasteiger partial charge in [0.05, 0.1) is 0 Å². The van der Waals surface area contributed by atoms with Crippen LogP contribution in [0.15, 0.2) is 0 Å². The van der Waals surface area contributed by atoms with Gasteiger partial charge in [-0.3, -0.25) is 0 Å². The summed E-state index contributed by atoms with van der Waals surface area (Å²) in [6.07, 6.45) is 0. The van der Waals surface area contributed by atoms with Crippen molar-refractivity contribution in [2.45, 2.75) is 13.8 Å². The summed E-state index contributed by atoms with van der Waals surface area (Å²) < 4.78 is 0. The van der Waals surface area contributed by atoms with Crippen LogP contribution in [0.2, 0.25) is 0 Å². The van der Waals surface area contributed by atoms with Crippen LogP contribution < -0.4 is 17.0 Å². The molecule has 0 aromatic rings. The minimum absolute atomic E-state index is 0. The van der Waals surface area contributed by atoms with E-state index in [9.17, 15) is 0 Å². The van der Waals surface area contributed by atoms with Crippen LogP contribution in [0, 0.1) is 0 Å². The fourth-order valence-electron chi connectivity index (χ4n) is 0.184. The fraction of sp³-hybridized carbons (Fsp3) is 1.00. The quantitative estimate of drug-likeness (QED) is 0.449. The van der Waals surface area contributed by atoms with E-state index in [4.69, 9.17) is 0 Å². The van der Waals surface area contributed by atoms with Gasteiger partial charge in [-0.1, -0.05) is 0 Å². The molecule has 0 aliphatic rings. The molecule has 0 bridgehead atoms. The third-order valence-electron chi connectivity index (χ3n) is 0.469. The van der Waals surface area contributed by atoms with E-state index >= 15 is 0 Å². The smallest absolute Gasteiger partial charge is 1.00 e. The Hall–Kier alpha value is 1.71. The molecule has 0 fully saturated rings. The maximum atomic E-state index is 2.22. The van der Waals surface area contributed by atoms with Gasteiger partial charge in [-0.15, -0.1) is 0 Å². The van der Waals surface area contributed by atoms with Crippen molar-refractivity contribution in [3.63, 3.8) is 0 Å². The Labute approximate surface area is 75.1 Å². The van der Waals surface area contributed by atoms with E-state index in [2.05, 4.69) is 34.1 Å². The summed E-state index contributed by atoms with van der Waals surface area (Å²) >= 11 is 0.655. The molecule has 0 rings (SSSR count). The minimum atomic E-state index is 0. The molecule has 4 heteroatoms. The molecule has 0 atom stereocenters. The van der Waals surface area contributed by atoms with Crippen LogP contribution in [0.4, 0.5) is 0 Å². The monoisotopic (exact) mass is 228 g/mol. The SMILES string of the molecule is CC[S][Al+][S]CC.[Br-]. The molecule has 0 radical (unpaired) electrons. The molecule has 0 nitrogen and oxygen atoms in total. The van der Waals surface area contributed by atoms with E-state index in [0.717, 1.165) is 0 Å². The topological polar surface area (TPSA) is 0 Å². The van der Waals surface area contributed by atoms with Gasteiger partial charge in [-0.25, -0.2) is 0 Å². The molecule has 0 aromatic carbocycles. The van der Waals surface area contributed by atoms with Crippen LogP contribution in [0.1, 0.15) is 13.8 Å². The van der Waals surface area contributed by atoms with Crippen LogP contribution in [0.25, 0.3) is 0 Å². The summed E-state index contributed by atoms with van der Waals surface area (Å²) in [7, 11) is 4.16. The third-order valence-corrected chi connectivity index (χ3v) is 6.67. The van der Waals surface area contributed by atoms with Crippen molar-refractivity contribution in [3.05, 3.63) is 0 Å². The molecule has 0 aliphatic heterocycles. The van der Waals surface area contributed by atoms with Crippen molar-refractivity contribution in [2.75, 3.05) is 11.5 Å². The Morgan fingerprint density at radius 3 is 1.75 bits per heavy atom. The van der Waals surface area contributed by atoms with Gasteiger partial charge >= 0.3 is 58.6 Å². The minimum Gasteiger partial charge on any atom is -1.00 e. The maximum absolute atomic E-state index is 2.22. The summed E-state index contributed by atoms with van der Waals surface area (Å²) in [6.45, 7) is 4.43. The number of hydrogen-bond donors (Lipinski definition) is 0. The standard InChI is InChI=1S/2C2H6S.Al.BrH/c2*1-2-3;;/h2*3H,2H2,1H3;;1H/q;;+3;/p-3. The van der Waals surface area contributed by atoms with E-state index in [1.165, 1.54) is 11.5 Å². The van der Waals surface area contributed by atoms with Crippen molar-refractivity contribution in [1.82, 2.24) is 0 Å². The molecule has 0 N–H and O–H groups in total. The second-order valence-electron chi connectivity index (χ2n) is 1.01. The second kappa shape index (κ2) is 11.5. The Kier molecular flexibility index (Phi) is 17.8. The van der Waals surface area contributed by atoms with Gasteiger partial charge in [0.25, 0.3) is 0 Å². The summed E-state index contributed by atoms with van der Waals surface area (Å²) in [5.41, 5.74) is 0. The number of hydrogen-bond acceptors (Lipinski definition) is 2. The van der Waals surface area contributed by atoms with Crippen LogP contribution in [-0.4, -0.2) is 24.5 Å². The van der Waals surface area contributed by atoms with Crippen LogP contribution in [-0.2, 0) is 0 Å². The third kappa shape index (κ3) is 10.6. The Bertz CT molecular complexity index is 33.2. The molecule has 0 saturated carbocycles. The van der Waals surface area contributed by atoms with Crippen LogP contribution in [0.3, 0.4) is 0 Å². The predicted octanol–water partition coefficient (Wildman–Crippen LogP) is -0.969. The zero-order valence-corrected chi connectivity index (χ0v) is 9.56. The first-order chi connectivity index (χ1) is 3.41. The fourth-order valence-corrected chi connectivity index (χ4v) is 4.97. The average molecular weight is 229 g/mol. The van der Waals surface area contributed by atoms with E-state index in [-0.39, 0.29) is 17.0 Å². The molecular formula is C4H10AlBrS2. The first kappa shape index (κ1) is 12.4. The van der Waals surface area contributed by atoms with Gasteiger partial charge in [-0.05, 0) is 0 Å². The molecule has 48 valence electrons. The van der Waals surface area contributed by atoms with Gasteiger partial charge in [0, 0.05) is 0 Å². The maximum Gasteiger partial charge on any atom is -1.00 e. The summed E-state index contributed by atoms with van der Waals surface area (Å²) in [5, 5.41) is 0.